The van der Waals surface area contributed by atoms with Crippen LogP contribution in [0.2, 0.25) is 0 Å². The number of carboxylic acids is 1. The molecule has 1 aliphatic heterocycles. The smallest absolute Gasteiger partial charge is 0.306 e. The maximum Gasteiger partial charge on any atom is 0.306 e. The quantitative estimate of drug-likeness (QED) is 0.884. The van der Waals surface area contributed by atoms with E-state index in [0.717, 1.165) is 5.56 Å². The number of methoxy groups -OCH3 is 1. The van der Waals surface area contributed by atoms with Crippen LogP contribution in [0.15, 0.2) is 24.3 Å². The van der Waals surface area contributed by atoms with E-state index in [9.17, 15) is 9.59 Å². The molecule has 0 bridgehead atoms. The predicted molar refractivity (Wildman–Crippen MR) is 73.6 cm³/mol. The normalized spacial score (nSPS) is 16.4. The van der Waals surface area contributed by atoms with Crippen molar-refractivity contribution in [1.29, 1.82) is 0 Å². The van der Waals surface area contributed by atoms with Gasteiger partial charge in [0.1, 0.15) is 5.75 Å². The van der Waals surface area contributed by atoms with E-state index >= 15 is 0 Å². The van der Waals surface area contributed by atoms with Gasteiger partial charge in [0.15, 0.2) is 0 Å². The van der Waals surface area contributed by atoms with Gasteiger partial charge in [-0.2, -0.15) is 0 Å². The fourth-order valence-corrected chi connectivity index (χ4v) is 2.36. The Bertz CT molecular complexity index is 508. The standard InChI is InChI=1S/C15H19NO4/c1-10(15(18)19)12-8-16(9-12)14(17)7-11-5-3-4-6-13(11)20-2/h3-6,10,12H,7-9H2,1-2H3,(H,18,19). The lowest BCUT2D eigenvalue weighted by atomic mass is 9.86. The van der Waals surface area contributed by atoms with E-state index in [0.29, 0.717) is 18.8 Å². The summed E-state index contributed by atoms with van der Waals surface area (Å²) in [7, 11) is 1.58. The van der Waals surface area contributed by atoms with Gasteiger partial charge in [-0.25, -0.2) is 0 Å². The number of ether oxygens (including phenoxy) is 1. The molecule has 1 fully saturated rings. The summed E-state index contributed by atoms with van der Waals surface area (Å²) < 4.78 is 5.22. The van der Waals surface area contributed by atoms with Crippen molar-refractivity contribution in [2.45, 2.75) is 13.3 Å². The van der Waals surface area contributed by atoms with Gasteiger partial charge in [-0.15, -0.1) is 0 Å². The monoisotopic (exact) mass is 277 g/mol. The highest BCUT2D eigenvalue weighted by Gasteiger charge is 2.37. The van der Waals surface area contributed by atoms with Gasteiger partial charge in [0.2, 0.25) is 5.91 Å². The SMILES string of the molecule is COc1ccccc1CC(=O)N1CC(C(C)C(=O)O)C1. The molecule has 108 valence electrons. The summed E-state index contributed by atoms with van der Waals surface area (Å²) in [4.78, 5) is 24.7. The van der Waals surface area contributed by atoms with Gasteiger partial charge < -0.3 is 14.7 Å². The molecule has 1 amide bonds. The third-order valence-electron chi connectivity index (χ3n) is 3.89. The summed E-state index contributed by atoms with van der Waals surface area (Å²) in [6.45, 7) is 2.75. The van der Waals surface area contributed by atoms with Gasteiger partial charge in [-0.05, 0) is 6.07 Å². The average Bonchev–Trinajstić information content (AvgIpc) is 2.37. The van der Waals surface area contributed by atoms with E-state index in [4.69, 9.17) is 9.84 Å². The number of carbonyl (C=O) groups excluding carboxylic acids is 1. The van der Waals surface area contributed by atoms with Gasteiger partial charge >= 0.3 is 5.97 Å². The molecule has 0 spiro atoms. The van der Waals surface area contributed by atoms with Gasteiger partial charge in [0.25, 0.3) is 0 Å². The average molecular weight is 277 g/mol. The first-order valence-corrected chi connectivity index (χ1v) is 6.65. The lowest BCUT2D eigenvalue weighted by molar-refractivity contribution is -0.150. The van der Waals surface area contributed by atoms with Crippen molar-refractivity contribution in [3.63, 3.8) is 0 Å². The highest BCUT2D eigenvalue weighted by molar-refractivity contribution is 5.80. The molecule has 5 heteroatoms. The second-order valence-corrected chi connectivity index (χ2v) is 5.17. The first-order chi connectivity index (χ1) is 9.52. The molecular formula is C15H19NO4. The third-order valence-corrected chi connectivity index (χ3v) is 3.89. The Morgan fingerprint density at radius 1 is 1.40 bits per heavy atom. The molecule has 1 aliphatic rings. The number of para-hydroxylation sites is 1. The number of benzene rings is 1. The summed E-state index contributed by atoms with van der Waals surface area (Å²) in [5.74, 6) is -0.411. The minimum Gasteiger partial charge on any atom is -0.496 e. The van der Waals surface area contributed by atoms with Crippen molar-refractivity contribution in [2.24, 2.45) is 11.8 Å². The van der Waals surface area contributed by atoms with Crippen molar-refractivity contribution >= 4 is 11.9 Å². The number of likely N-dealkylation sites (tertiary alicyclic amines) is 1. The van der Waals surface area contributed by atoms with Crippen LogP contribution in [-0.2, 0) is 16.0 Å². The zero-order chi connectivity index (χ0) is 14.7. The van der Waals surface area contributed by atoms with Crippen molar-refractivity contribution in [3.8, 4) is 5.75 Å². The van der Waals surface area contributed by atoms with E-state index in [-0.39, 0.29) is 18.2 Å². The predicted octanol–water partition coefficient (Wildman–Crippen LogP) is 1.42. The maximum absolute atomic E-state index is 12.1. The summed E-state index contributed by atoms with van der Waals surface area (Å²) >= 11 is 0. The van der Waals surface area contributed by atoms with Crippen molar-refractivity contribution in [2.75, 3.05) is 20.2 Å². The van der Waals surface area contributed by atoms with E-state index in [2.05, 4.69) is 0 Å². The van der Waals surface area contributed by atoms with E-state index < -0.39 is 11.9 Å². The van der Waals surface area contributed by atoms with E-state index in [1.54, 1.807) is 18.9 Å². The molecule has 20 heavy (non-hydrogen) atoms. The van der Waals surface area contributed by atoms with Crippen LogP contribution in [0.3, 0.4) is 0 Å². The Morgan fingerprint density at radius 2 is 2.05 bits per heavy atom. The number of carbonyl (C=O) groups is 2. The highest BCUT2D eigenvalue weighted by Crippen LogP contribution is 2.26. The number of hydrogen-bond donors (Lipinski definition) is 1. The summed E-state index contributed by atoms with van der Waals surface area (Å²) in [6, 6.07) is 7.43. The Labute approximate surface area is 118 Å². The number of nitrogens with zero attached hydrogens (tertiary/aromatic N) is 1. The number of aliphatic carboxylic acids is 1. The van der Waals surface area contributed by atoms with Crippen LogP contribution in [0.4, 0.5) is 0 Å². The molecule has 5 nitrogen and oxygen atoms in total. The first-order valence-electron chi connectivity index (χ1n) is 6.65. The molecule has 1 saturated heterocycles. The molecule has 1 heterocycles. The first kappa shape index (κ1) is 14.4. The van der Waals surface area contributed by atoms with E-state index in [1.807, 2.05) is 24.3 Å². The van der Waals surface area contributed by atoms with Crippen LogP contribution >= 0.6 is 0 Å². The van der Waals surface area contributed by atoms with Gasteiger partial charge in [-0.1, -0.05) is 25.1 Å². The third kappa shape index (κ3) is 2.92. The van der Waals surface area contributed by atoms with Crippen LogP contribution in [0.25, 0.3) is 0 Å². The molecule has 1 aromatic carbocycles. The molecule has 0 aliphatic carbocycles. The molecule has 1 aromatic rings. The summed E-state index contributed by atoms with van der Waals surface area (Å²) in [5, 5.41) is 8.93. The number of amides is 1. The second kappa shape index (κ2) is 5.94. The molecule has 1 N–H and O–H groups in total. The minimum absolute atomic E-state index is 0.0170. The van der Waals surface area contributed by atoms with Gasteiger partial charge in [-0.3, -0.25) is 9.59 Å². The van der Waals surface area contributed by atoms with E-state index in [1.165, 1.54) is 0 Å². The number of carboxylic acid groups (broad SMARTS) is 1. The lowest BCUT2D eigenvalue weighted by Crippen LogP contribution is -2.53. The molecule has 2 rings (SSSR count). The lowest BCUT2D eigenvalue weighted by Gasteiger charge is -2.41. The number of rotatable bonds is 5. The van der Waals surface area contributed by atoms with Crippen molar-refractivity contribution < 1.29 is 19.4 Å². The van der Waals surface area contributed by atoms with Gasteiger partial charge in [0.05, 0.1) is 19.4 Å². The van der Waals surface area contributed by atoms with Crippen LogP contribution in [-0.4, -0.2) is 42.1 Å². The van der Waals surface area contributed by atoms with Crippen LogP contribution in [0.1, 0.15) is 12.5 Å². The van der Waals surface area contributed by atoms with Crippen molar-refractivity contribution in [3.05, 3.63) is 29.8 Å². The highest BCUT2D eigenvalue weighted by atomic mass is 16.5. The maximum atomic E-state index is 12.1. The fourth-order valence-electron chi connectivity index (χ4n) is 2.36. The Kier molecular flexibility index (Phi) is 4.27. The number of hydrogen-bond acceptors (Lipinski definition) is 3. The second-order valence-electron chi connectivity index (χ2n) is 5.17. The van der Waals surface area contributed by atoms with Crippen LogP contribution in [0, 0.1) is 11.8 Å². The van der Waals surface area contributed by atoms with Crippen LogP contribution in [0.5, 0.6) is 5.75 Å². The Hall–Kier alpha value is -2.04. The van der Waals surface area contributed by atoms with Crippen molar-refractivity contribution in [1.82, 2.24) is 4.90 Å². The van der Waals surface area contributed by atoms with Gasteiger partial charge in [0, 0.05) is 24.6 Å². The molecule has 1 atom stereocenters. The molecule has 0 radical (unpaired) electrons. The van der Waals surface area contributed by atoms with Crippen LogP contribution < -0.4 is 4.74 Å². The largest absolute Gasteiger partial charge is 0.496 e. The zero-order valence-corrected chi connectivity index (χ0v) is 11.7. The molecule has 0 aromatic heterocycles. The molecule has 0 saturated carbocycles. The summed E-state index contributed by atoms with van der Waals surface area (Å²) in [6.07, 6.45) is 0.290. The minimum atomic E-state index is -0.799. The molecular weight excluding hydrogens is 258 g/mol. The molecule has 1 unspecified atom stereocenters. The Morgan fingerprint density at radius 3 is 2.65 bits per heavy atom. The fraction of sp³-hybridized carbons (Fsp3) is 0.467. The summed E-state index contributed by atoms with van der Waals surface area (Å²) in [5.41, 5.74) is 0.856. The Balaban J connectivity index is 1.90. The zero-order valence-electron chi connectivity index (χ0n) is 11.7. The topological polar surface area (TPSA) is 66.8 Å².